The molecule has 5 nitrogen and oxygen atoms in total. The van der Waals surface area contributed by atoms with E-state index in [0.717, 1.165) is 43.4 Å². The summed E-state index contributed by atoms with van der Waals surface area (Å²) in [5, 5.41) is 8.44. The van der Waals surface area contributed by atoms with Crippen LogP contribution in [-0.4, -0.2) is 38.5 Å². The van der Waals surface area contributed by atoms with E-state index in [1.54, 1.807) is 6.20 Å². The highest BCUT2D eigenvalue weighted by Gasteiger charge is 2.28. The number of likely N-dealkylation sites (tertiary alicyclic amines) is 1. The van der Waals surface area contributed by atoms with Crippen molar-refractivity contribution in [3.8, 4) is 22.4 Å². The third-order valence-electron chi connectivity index (χ3n) is 6.16. The van der Waals surface area contributed by atoms with E-state index >= 15 is 0 Å². The van der Waals surface area contributed by atoms with Gasteiger partial charge < -0.3 is 4.90 Å². The first-order valence-electron chi connectivity index (χ1n) is 11.2. The molecule has 3 aromatic carbocycles. The van der Waals surface area contributed by atoms with E-state index in [4.69, 9.17) is 0 Å². The highest BCUT2D eigenvalue weighted by Crippen LogP contribution is 2.25. The minimum atomic E-state index is -0.0923. The Morgan fingerprint density at radius 1 is 0.812 bits per heavy atom. The Hall–Kier alpha value is -3.73. The summed E-state index contributed by atoms with van der Waals surface area (Å²) in [6.07, 6.45) is 5.81. The molecule has 1 aliphatic heterocycles. The molecule has 160 valence electrons. The van der Waals surface area contributed by atoms with Crippen LogP contribution in [0.2, 0.25) is 0 Å². The summed E-state index contributed by atoms with van der Waals surface area (Å²) in [5.41, 5.74) is 5.23. The number of nitrogens with zero attached hydrogens (tertiary/aromatic N) is 4. The predicted octanol–water partition coefficient (Wildman–Crippen LogP) is 5.68. The lowest BCUT2D eigenvalue weighted by Gasteiger charge is -2.35. The van der Waals surface area contributed by atoms with Crippen LogP contribution in [0.4, 0.5) is 4.79 Å². The van der Waals surface area contributed by atoms with Gasteiger partial charge in [-0.15, -0.1) is 5.10 Å². The molecule has 0 N–H and O–H groups in total. The van der Waals surface area contributed by atoms with Crippen molar-refractivity contribution in [1.29, 1.82) is 0 Å². The number of carbonyl (C=O) groups excluding carboxylic acids is 1. The van der Waals surface area contributed by atoms with E-state index in [0.29, 0.717) is 5.69 Å². The van der Waals surface area contributed by atoms with Crippen molar-refractivity contribution in [2.45, 2.75) is 31.7 Å². The summed E-state index contributed by atoms with van der Waals surface area (Å²) < 4.78 is 1.39. The van der Waals surface area contributed by atoms with Crippen molar-refractivity contribution in [1.82, 2.24) is 19.9 Å². The fourth-order valence-electron chi connectivity index (χ4n) is 4.44. The Balaban J connectivity index is 1.32. The monoisotopic (exact) mass is 422 g/mol. The van der Waals surface area contributed by atoms with Crippen molar-refractivity contribution in [3.63, 3.8) is 0 Å². The van der Waals surface area contributed by atoms with Crippen LogP contribution >= 0.6 is 0 Å². The molecule has 1 fully saturated rings. The molecule has 0 aliphatic carbocycles. The Labute approximate surface area is 188 Å². The molecule has 32 heavy (non-hydrogen) atoms. The van der Waals surface area contributed by atoms with E-state index in [-0.39, 0.29) is 12.1 Å². The van der Waals surface area contributed by atoms with Crippen molar-refractivity contribution in [3.05, 3.63) is 96.7 Å². The lowest BCUT2D eigenvalue weighted by atomic mass is 9.96. The lowest BCUT2D eigenvalue weighted by molar-refractivity contribution is 0.149. The maximum Gasteiger partial charge on any atom is 0.346 e. The second kappa shape index (κ2) is 9.18. The first-order valence-corrected chi connectivity index (χ1v) is 11.2. The maximum atomic E-state index is 13.3. The molecule has 0 bridgehead atoms. The predicted molar refractivity (Wildman–Crippen MR) is 126 cm³/mol. The van der Waals surface area contributed by atoms with E-state index in [1.165, 1.54) is 15.8 Å². The number of amides is 1. The smallest absolute Gasteiger partial charge is 0.320 e. The molecule has 1 saturated heterocycles. The van der Waals surface area contributed by atoms with Crippen LogP contribution in [0.25, 0.3) is 22.4 Å². The van der Waals surface area contributed by atoms with E-state index in [1.807, 2.05) is 41.3 Å². The quantitative estimate of drug-likeness (QED) is 0.425. The molecule has 5 heteroatoms. The molecule has 1 atom stereocenters. The summed E-state index contributed by atoms with van der Waals surface area (Å²) in [5.74, 6) is 0. The molecule has 0 radical (unpaired) electrons. The fourth-order valence-corrected chi connectivity index (χ4v) is 4.44. The molecule has 0 saturated carbocycles. The van der Waals surface area contributed by atoms with Gasteiger partial charge in [0, 0.05) is 18.2 Å². The molecule has 0 spiro atoms. The van der Waals surface area contributed by atoms with Crippen LogP contribution in [0.1, 0.15) is 24.8 Å². The number of rotatable bonds is 4. The third-order valence-corrected chi connectivity index (χ3v) is 6.16. The van der Waals surface area contributed by atoms with Gasteiger partial charge in [-0.05, 0) is 42.4 Å². The number of hydrogen-bond donors (Lipinski definition) is 0. The SMILES string of the molecule is O=C(N1CCCC[C@@H]1Cc1ccccc1)n1cc(-c2ccc(-c3ccccc3)cc2)nn1. The second-order valence-electron chi connectivity index (χ2n) is 8.31. The third kappa shape index (κ3) is 4.33. The minimum Gasteiger partial charge on any atom is -0.320 e. The Morgan fingerprint density at radius 3 is 2.22 bits per heavy atom. The van der Waals surface area contributed by atoms with Gasteiger partial charge in [0.2, 0.25) is 0 Å². The van der Waals surface area contributed by atoms with Crippen LogP contribution in [0.3, 0.4) is 0 Å². The standard InChI is InChI=1S/C27H26N4O/c32-27(30-18-8-7-13-25(30)19-21-9-3-1-4-10-21)31-20-26(28-29-31)24-16-14-23(15-17-24)22-11-5-2-6-12-22/h1-6,9-12,14-17,20,25H,7-8,13,18-19H2/t25-/m1/s1. The molecular weight excluding hydrogens is 396 g/mol. The summed E-state index contributed by atoms with van der Waals surface area (Å²) in [6, 6.07) is 29.0. The highest BCUT2D eigenvalue weighted by molar-refractivity contribution is 5.77. The van der Waals surface area contributed by atoms with Gasteiger partial charge in [0.15, 0.2) is 0 Å². The lowest BCUT2D eigenvalue weighted by Crippen LogP contribution is -2.46. The van der Waals surface area contributed by atoms with Gasteiger partial charge in [-0.25, -0.2) is 4.79 Å². The summed E-state index contributed by atoms with van der Waals surface area (Å²) in [6.45, 7) is 0.761. The fraction of sp³-hybridized carbons (Fsp3) is 0.222. The molecule has 1 aliphatic rings. The Kier molecular flexibility index (Phi) is 5.79. The van der Waals surface area contributed by atoms with E-state index in [9.17, 15) is 4.79 Å². The molecular formula is C27H26N4O. The maximum absolute atomic E-state index is 13.3. The van der Waals surface area contributed by atoms with Gasteiger partial charge in [0.25, 0.3) is 0 Å². The number of piperidine rings is 1. The average molecular weight is 423 g/mol. The minimum absolute atomic E-state index is 0.0923. The topological polar surface area (TPSA) is 51.0 Å². The van der Waals surface area contributed by atoms with Gasteiger partial charge in [-0.1, -0.05) is 90.1 Å². The summed E-state index contributed by atoms with van der Waals surface area (Å²) >= 11 is 0. The van der Waals surface area contributed by atoms with Crippen LogP contribution < -0.4 is 0 Å². The van der Waals surface area contributed by atoms with Gasteiger partial charge in [0.05, 0.1) is 6.20 Å². The average Bonchev–Trinajstić information content (AvgIpc) is 3.36. The van der Waals surface area contributed by atoms with Gasteiger partial charge in [-0.2, -0.15) is 4.68 Å². The number of carbonyl (C=O) groups is 1. The van der Waals surface area contributed by atoms with Crippen molar-refractivity contribution >= 4 is 6.03 Å². The summed E-state index contributed by atoms with van der Waals surface area (Å²) in [4.78, 5) is 15.2. The number of benzene rings is 3. The van der Waals surface area contributed by atoms with Crippen LogP contribution in [0, 0.1) is 0 Å². The molecule has 0 unspecified atom stereocenters. The van der Waals surface area contributed by atoms with Crippen LogP contribution in [0.15, 0.2) is 91.1 Å². The van der Waals surface area contributed by atoms with E-state index in [2.05, 4.69) is 58.8 Å². The van der Waals surface area contributed by atoms with Crippen molar-refractivity contribution in [2.24, 2.45) is 0 Å². The first-order chi connectivity index (χ1) is 15.8. The highest BCUT2D eigenvalue weighted by atomic mass is 16.2. The molecule has 1 aromatic heterocycles. The van der Waals surface area contributed by atoms with Crippen molar-refractivity contribution in [2.75, 3.05) is 6.54 Å². The van der Waals surface area contributed by atoms with Gasteiger partial charge in [-0.3, -0.25) is 0 Å². The number of aromatic nitrogens is 3. The van der Waals surface area contributed by atoms with Crippen LogP contribution in [-0.2, 0) is 6.42 Å². The van der Waals surface area contributed by atoms with Crippen molar-refractivity contribution < 1.29 is 4.79 Å². The van der Waals surface area contributed by atoms with Gasteiger partial charge >= 0.3 is 6.03 Å². The second-order valence-corrected chi connectivity index (χ2v) is 8.31. The zero-order valence-corrected chi connectivity index (χ0v) is 18.0. The normalized spacial score (nSPS) is 16.1. The van der Waals surface area contributed by atoms with Gasteiger partial charge in [0.1, 0.15) is 5.69 Å². The largest absolute Gasteiger partial charge is 0.346 e. The van der Waals surface area contributed by atoms with Crippen LogP contribution in [0.5, 0.6) is 0 Å². The zero-order chi connectivity index (χ0) is 21.8. The zero-order valence-electron chi connectivity index (χ0n) is 18.0. The molecule has 4 aromatic rings. The number of hydrogen-bond acceptors (Lipinski definition) is 3. The summed E-state index contributed by atoms with van der Waals surface area (Å²) in [7, 11) is 0. The molecule has 2 heterocycles. The Morgan fingerprint density at radius 2 is 1.47 bits per heavy atom. The Bertz CT molecular complexity index is 1170. The van der Waals surface area contributed by atoms with E-state index < -0.39 is 0 Å². The molecule has 1 amide bonds. The molecule has 5 rings (SSSR count). The first kappa shape index (κ1) is 20.2.